The van der Waals surface area contributed by atoms with E-state index in [2.05, 4.69) is 33.0 Å². The zero-order chi connectivity index (χ0) is 13.3. The second kappa shape index (κ2) is 5.20. The van der Waals surface area contributed by atoms with Gasteiger partial charge in [0.2, 0.25) is 0 Å². The van der Waals surface area contributed by atoms with Gasteiger partial charge in [-0.3, -0.25) is 4.79 Å². The molecule has 3 nitrogen and oxygen atoms in total. The van der Waals surface area contributed by atoms with Gasteiger partial charge in [0.15, 0.2) is 0 Å². The van der Waals surface area contributed by atoms with Crippen molar-refractivity contribution in [3.05, 3.63) is 0 Å². The van der Waals surface area contributed by atoms with Crippen LogP contribution in [0.5, 0.6) is 0 Å². The van der Waals surface area contributed by atoms with Gasteiger partial charge in [0.25, 0.3) is 0 Å². The summed E-state index contributed by atoms with van der Waals surface area (Å²) >= 11 is 0. The molecule has 0 aromatic rings. The first-order chi connectivity index (χ1) is 8.37. The van der Waals surface area contributed by atoms with Gasteiger partial charge in [0.05, 0.1) is 5.92 Å². The molecule has 2 aliphatic rings. The van der Waals surface area contributed by atoms with Crippen LogP contribution in [0.25, 0.3) is 0 Å². The molecule has 3 heteroatoms. The predicted octanol–water partition coefficient (Wildman–Crippen LogP) is 2.60. The van der Waals surface area contributed by atoms with E-state index in [9.17, 15) is 4.79 Å². The molecule has 1 saturated carbocycles. The van der Waals surface area contributed by atoms with Gasteiger partial charge >= 0.3 is 5.97 Å². The van der Waals surface area contributed by atoms with Crippen molar-refractivity contribution in [2.45, 2.75) is 53.1 Å². The Morgan fingerprint density at radius 1 is 1.22 bits per heavy atom. The van der Waals surface area contributed by atoms with Gasteiger partial charge in [-0.25, -0.2) is 0 Å². The summed E-state index contributed by atoms with van der Waals surface area (Å²) in [6.07, 6.45) is 3.41. The molecular weight excluding hydrogens is 226 g/mol. The summed E-state index contributed by atoms with van der Waals surface area (Å²) in [7, 11) is 0. The topological polar surface area (TPSA) is 38.3 Å². The lowest BCUT2D eigenvalue weighted by Gasteiger charge is -2.38. The molecule has 2 rings (SSSR count). The van der Waals surface area contributed by atoms with Crippen LogP contribution in [0.2, 0.25) is 0 Å². The highest BCUT2D eigenvalue weighted by atomic mass is 16.5. The van der Waals surface area contributed by atoms with Gasteiger partial charge in [0.1, 0.15) is 6.10 Å². The number of hydrogen-bond donors (Lipinski definition) is 1. The van der Waals surface area contributed by atoms with Crippen LogP contribution in [-0.4, -0.2) is 25.2 Å². The monoisotopic (exact) mass is 253 g/mol. The van der Waals surface area contributed by atoms with E-state index in [-0.39, 0.29) is 18.0 Å². The van der Waals surface area contributed by atoms with E-state index in [1.807, 2.05) is 0 Å². The van der Waals surface area contributed by atoms with Crippen molar-refractivity contribution in [2.24, 2.45) is 23.2 Å². The molecule has 18 heavy (non-hydrogen) atoms. The van der Waals surface area contributed by atoms with Crippen molar-refractivity contribution in [2.75, 3.05) is 13.1 Å². The summed E-state index contributed by atoms with van der Waals surface area (Å²) in [5.74, 6) is 1.14. The summed E-state index contributed by atoms with van der Waals surface area (Å²) in [6, 6.07) is 0. The zero-order valence-electron chi connectivity index (χ0n) is 12.2. The third-order valence-corrected chi connectivity index (χ3v) is 4.45. The minimum atomic E-state index is 0.0161. The lowest BCUT2D eigenvalue weighted by atomic mass is 9.71. The van der Waals surface area contributed by atoms with Gasteiger partial charge in [-0.05, 0) is 43.1 Å². The molecule has 4 atom stereocenters. The Hall–Kier alpha value is -0.570. The van der Waals surface area contributed by atoms with Crippen LogP contribution in [0.1, 0.15) is 47.0 Å². The molecule has 0 spiro atoms. The highest BCUT2D eigenvalue weighted by Gasteiger charge is 2.37. The number of rotatable bonds is 2. The zero-order valence-corrected chi connectivity index (χ0v) is 12.2. The van der Waals surface area contributed by atoms with Crippen LogP contribution in [0.3, 0.4) is 0 Å². The predicted molar refractivity (Wildman–Crippen MR) is 72.2 cm³/mol. The third kappa shape index (κ3) is 3.25. The molecule has 0 bridgehead atoms. The number of nitrogens with one attached hydrogen (secondary N) is 1. The van der Waals surface area contributed by atoms with E-state index in [0.717, 1.165) is 25.9 Å². The summed E-state index contributed by atoms with van der Waals surface area (Å²) < 4.78 is 5.77. The minimum Gasteiger partial charge on any atom is -0.462 e. The number of esters is 1. The SMILES string of the molecule is CC1CC(OC(=O)[C@@H]2CNC[C@H]2C)CC(C)(C)C1. The second-order valence-electron chi connectivity index (χ2n) is 7.21. The van der Waals surface area contributed by atoms with E-state index in [1.165, 1.54) is 6.42 Å². The summed E-state index contributed by atoms with van der Waals surface area (Å²) in [4.78, 5) is 12.2. The quantitative estimate of drug-likeness (QED) is 0.769. The molecule has 0 amide bonds. The molecule has 0 radical (unpaired) electrons. The van der Waals surface area contributed by atoms with E-state index < -0.39 is 0 Å². The summed E-state index contributed by atoms with van der Waals surface area (Å²) in [5, 5.41) is 3.26. The molecule has 2 fully saturated rings. The van der Waals surface area contributed by atoms with Crippen LogP contribution >= 0.6 is 0 Å². The Kier molecular flexibility index (Phi) is 4.00. The van der Waals surface area contributed by atoms with Gasteiger partial charge in [0, 0.05) is 6.54 Å². The van der Waals surface area contributed by atoms with Crippen molar-refractivity contribution in [1.29, 1.82) is 0 Å². The second-order valence-corrected chi connectivity index (χ2v) is 7.21. The first-order valence-electron chi connectivity index (χ1n) is 7.28. The smallest absolute Gasteiger partial charge is 0.310 e. The van der Waals surface area contributed by atoms with Gasteiger partial charge in [-0.1, -0.05) is 27.7 Å². The van der Waals surface area contributed by atoms with Gasteiger partial charge in [-0.15, -0.1) is 0 Å². The van der Waals surface area contributed by atoms with Gasteiger partial charge in [-0.2, -0.15) is 0 Å². The Labute approximate surface area is 111 Å². The molecule has 1 N–H and O–H groups in total. The van der Waals surface area contributed by atoms with E-state index in [0.29, 0.717) is 17.3 Å². The maximum atomic E-state index is 12.2. The van der Waals surface area contributed by atoms with Crippen LogP contribution in [0.4, 0.5) is 0 Å². The standard InChI is InChI=1S/C15H27NO2/c1-10-5-12(7-15(3,4)6-10)18-14(17)13-9-16-8-11(13)2/h10-13,16H,5-9H2,1-4H3/t10?,11-,12?,13-/m1/s1. The molecule has 1 aliphatic carbocycles. The molecule has 1 aliphatic heterocycles. The Balaban J connectivity index is 1.90. The number of carbonyl (C=O) groups excluding carboxylic acids is 1. The Bertz CT molecular complexity index is 314. The molecular formula is C15H27NO2. The van der Waals surface area contributed by atoms with E-state index >= 15 is 0 Å². The normalized spacial score (nSPS) is 39.6. The number of carbonyl (C=O) groups is 1. The molecule has 2 unspecified atom stereocenters. The molecule has 0 aromatic heterocycles. The fourth-order valence-corrected chi connectivity index (χ4v) is 3.73. The van der Waals surface area contributed by atoms with E-state index in [1.54, 1.807) is 0 Å². The van der Waals surface area contributed by atoms with Crippen LogP contribution < -0.4 is 5.32 Å². The lowest BCUT2D eigenvalue weighted by Crippen LogP contribution is -2.36. The summed E-state index contributed by atoms with van der Waals surface area (Å²) in [5.41, 5.74) is 0.308. The van der Waals surface area contributed by atoms with Crippen molar-refractivity contribution in [1.82, 2.24) is 5.32 Å². The Morgan fingerprint density at radius 3 is 2.50 bits per heavy atom. The fourth-order valence-electron chi connectivity index (χ4n) is 3.73. The number of ether oxygens (including phenoxy) is 1. The molecule has 0 aromatic carbocycles. The van der Waals surface area contributed by atoms with Crippen LogP contribution in [-0.2, 0) is 9.53 Å². The van der Waals surface area contributed by atoms with Crippen molar-refractivity contribution >= 4 is 5.97 Å². The first kappa shape index (κ1) is 13.9. The third-order valence-electron chi connectivity index (χ3n) is 4.45. The van der Waals surface area contributed by atoms with E-state index in [4.69, 9.17) is 4.74 Å². The average molecular weight is 253 g/mol. The maximum absolute atomic E-state index is 12.2. The lowest BCUT2D eigenvalue weighted by molar-refractivity contribution is -0.158. The highest BCUT2D eigenvalue weighted by molar-refractivity contribution is 5.73. The van der Waals surface area contributed by atoms with Gasteiger partial charge < -0.3 is 10.1 Å². The average Bonchev–Trinajstić information content (AvgIpc) is 2.60. The molecule has 104 valence electrons. The number of hydrogen-bond acceptors (Lipinski definition) is 3. The maximum Gasteiger partial charge on any atom is 0.310 e. The molecule has 1 heterocycles. The Morgan fingerprint density at radius 2 is 1.94 bits per heavy atom. The molecule has 1 saturated heterocycles. The minimum absolute atomic E-state index is 0.0161. The van der Waals surface area contributed by atoms with Crippen molar-refractivity contribution < 1.29 is 9.53 Å². The van der Waals surface area contributed by atoms with Crippen LogP contribution in [0.15, 0.2) is 0 Å². The first-order valence-corrected chi connectivity index (χ1v) is 7.28. The van der Waals surface area contributed by atoms with Crippen LogP contribution in [0, 0.1) is 23.2 Å². The summed E-state index contributed by atoms with van der Waals surface area (Å²) in [6.45, 7) is 10.7. The van der Waals surface area contributed by atoms with Crippen molar-refractivity contribution in [3.63, 3.8) is 0 Å². The van der Waals surface area contributed by atoms with Crippen molar-refractivity contribution in [3.8, 4) is 0 Å². The highest BCUT2D eigenvalue weighted by Crippen LogP contribution is 2.40. The largest absolute Gasteiger partial charge is 0.462 e. The fraction of sp³-hybridized carbons (Fsp3) is 0.933.